The number of piperidine rings is 1. The van der Waals surface area contributed by atoms with Gasteiger partial charge in [0.25, 0.3) is 0 Å². The number of sulfonamides is 1. The summed E-state index contributed by atoms with van der Waals surface area (Å²) < 4.78 is 33.8. The molecule has 0 saturated carbocycles. The third-order valence-electron chi connectivity index (χ3n) is 4.58. The van der Waals surface area contributed by atoms with Gasteiger partial charge in [0.1, 0.15) is 10.7 Å². The van der Waals surface area contributed by atoms with Crippen molar-refractivity contribution in [2.45, 2.75) is 31.2 Å². The first-order valence-electron chi connectivity index (χ1n) is 8.18. The Morgan fingerprint density at radius 3 is 2.92 bits per heavy atom. The minimum atomic E-state index is -3.64. The monoisotopic (exact) mass is 366 g/mol. The van der Waals surface area contributed by atoms with Gasteiger partial charge in [-0.15, -0.1) is 0 Å². The molecule has 1 aliphatic rings. The molecular weight excluding hydrogens is 344 g/mol. The van der Waals surface area contributed by atoms with Crippen LogP contribution >= 0.6 is 0 Å². The second-order valence-corrected chi connectivity index (χ2v) is 8.12. The highest BCUT2D eigenvalue weighted by Crippen LogP contribution is 2.25. The van der Waals surface area contributed by atoms with Crippen LogP contribution < -0.4 is 5.32 Å². The zero-order valence-corrected chi connectivity index (χ0v) is 15.1. The fourth-order valence-corrected chi connectivity index (χ4v) is 4.69. The van der Waals surface area contributed by atoms with Gasteiger partial charge in [0.2, 0.25) is 15.9 Å². The maximum absolute atomic E-state index is 12.9. The lowest BCUT2D eigenvalue weighted by molar-refractivity contribution is -0.126. The highest BCUT2D eigenvalue weighted by Gasteiger charge is 2.34. The van der Waals surface area contributed by atoms with Crippen LogP contribution in [0, 0.1) is 12.8 Å². The largest absolute Gasteiger partial charge is 0.467 e. The van der Waals surface area contributed by atoms with Gasteiger partial charge < -0.3 is 9.73 Å². The number of aromatic nitrogens is 2. The molecule has 1 atom stereocenters. The van der Waals surface area contributed by atoms with E-state index in [2.05, 4.69) is 10.4 Å². The van der Waals surface area contributed by atoms with Gasteiger partial charge in [-0.1, -0.05) is 0 Å². The Balaban J connectivity index is 1.68. The standard InChI is InChI=1S/C16H22N4O4S/c1-12-15(10-18-19(12)2)25(22,23)20-7-3-5-13(11-20)16(21)17-9-14-6-4-8-24-14/h4,6,8,10,13H,3,5,7,9,11H2,1-2H3,(H,17,21). The third kappa shape index (κ3) is 3.62. The van der Waals surface area contributed by atoms with Crippen molar-refractivity contribution >= 4 is 15.9 Å². The highest BCUT2D eigenvalue weighted by atomic mass is 32.2. The maximum atomic E-state index is 12.9. The van der Waals surface area contributed by atoms with Gasteiger partial charge in [-0.2, -0.15) is 9.40 Å². The SMILES string of the molecule is Cc1c(S(=O)(=O)N2CCCC(C(=O)NCc3ccco3)C2)cnn1C. The van der Waals surface area contributed by atoms with Crippen molar-refractivity contribution in [3.05, 3.63) is 36.0 Å². The van der Waals surface area contributed by atoms with Crippen molar-refractivity contribution < 1.29 is 17.6 Å². The average Bonchev–Trinajstić information content (AvgIpc) is 3.24. The number of nitrogens with one attached hydrogen (secondary N) is 1. The summed E-state index contributed by atoms with van der Waals surface area (Å²) in [5, 5.41) is 6.82. The molecule has 2 aromatic heterocycles. The number of hydrogen-bond donors (Lipinski definition) is 1. The molecule has 1 N–H and O–H groups in total. The molecule has 3 rings (SSSR count). The molecule has 1 fully saturated rings. The van der Waals surface area contributed by atoms with E-state index in [-0.39, 0.29) is 23.3 Å². The molecule has 0 radical (unpaired) electrons. The Bertz CT molecular complexity index is 842. The van der Waals surface area contributed by atoms with E-state index in [1.165, 1.54) is 15.2 Å². The summed E-state index contributed by atoms with van der Waals surface area (Å²) in [6, 6.07) is 3.54. The summed E-state index contributed by atoms with van der Waals surface area (Å²) in [5.74, 6) is 0.147. The fraction of sp³-hybridized carbons (Fsp3) is 0.500. The Hall–Kier alpha value is -2.13. The number of aryl methyl sites for hydroxylation is 1. The normalized spacial score (nSPS) is 19.0. The third-order valence-corrected chi connectivity index (χ3v) is 6.55. The number of nitrogens with zero attached hydrogens (tertiary/aromatic N) is 3. The minimum Gasteiger partial charge on any atom is -0.467 e. The van der Waals surface area contributed by atoms with Crippen LogP contribution in [0.3, 0.4) is 0 Å². The molecule has 1 aliphatic heterocycles. The molecule has 1 unspecified atom stereocenters. The van der Waals surface area contributed by atoms with Crippen molar-refractivity contribution in [3.8, 4) is 0 Å². The van der Waals surface area contributed by atoms with Crippen LogP contribution in [0.2, 0.25) is 0 Å². The van der Waals surface area contributed by atoms with Gasteiger partial charge >= 0.3 is 0 Å². The smallest absolute Gasteiger partial charge is 0.246 e. The quantitative estimate of drug-likeness (QED) is 0.853. The summed E-state index contributed by atoms with van der Waals surface area (Å²) in [6.45, 7) is 2.62. The van der Waals surface area contributed by atoms with E-state index in [0.717, 1.165) is 0 Å². The van der Waals surface area contributed by atoms with Crippen LogP contribution in [-0.4, -0.2) is 41.5 Å². The van der Waals surface area contributed by atoms with Crippen LogP contribution in [0.5, 0.6) is 0 Å². The molecule has 1 amide bonds. The van der Waals surface area contributed by atoms with E-state index in [1.54, 1.807) is 32.4 Å². The van der Waals surface area contributed by atoms with Crippen molar-refractivity contribution in [1.82, 2.24) is 19.4 Å². The lowest BCUT2D eigenvalue weighted by atomic mass is 9.99. The second kappa shape index (κ2) is 7.01. The second-order valence-electron chi connectivity index (χ2n) is 6.22. The molecular formula is C16H22N4O4S. The van der Waals surface area contributed by atoms with Gasteiger partial charge in [-0.25, -0.2) is 8.42 Å². The van der Waals surface area contributed by atoms with Crippen LogP contribution in [0.15, 0.2) is 33.9 Å². The molecule has 9 heteroatoms. The van der Waals surface area contributed by atoms with Gasteiger partial charge in [0.05, 0.1) is 30.6 Å². The highest BCUT2D eigenvalue weighted by molar-refractivity contribution is 7.89. The first kappa shape index (κ1) is 17.7. The summed E-state index contributed by atoms with van der Waals surface area (Å²) >= 11 is 0. The van der Waals surface area contributed by atoms with Gasteiger partial charge in [-0.05, 0) is 31.9 Å². The predicted molar refractivity (Wildman–Crippen MR) is 90.0 cm³/mol. The molecule has 0 bridgehead atoms. The van der Waals surface area contributed by atoms with E-state index < -0.39 is 10.0 Å². The van der Waals surface area contributed by atoms with E-state index in [9.17, 15) is 13.2 Å². The summed E-state index contributed by atoms with van der Waals surface area (Å²) in [5.41, 5.74) is 0.587. The number of rotatable bonds is 5. The first-order chi connectivity index (χ1) is 11.9. The van der Waals surface area contributed by atoms with Crippen LogP contribution in [-0.2, 0) is 28.4 Å². The number of amides is 1. The lowest BCUT2D eigenvalue weighted by Gasteiger charge is -2.31. The van der Waals surface area contributed by atoms with Gasteiger partial charge in [0.15, 0.2) is 0 Å². The lowest BCUT2D eigenvalue weighted by Crippen LogP contribution is -2.45. The molecule has 1 saturated heterocycles. The van der Waals surface area contributed by atoms with E-state index in [4.69, 9.17) is 4.42 Å². The fourth-order valence-electron chi connectivity index (χ4n) is 2.98. The maximum Gasteiger partial charge on any atom is 0.246 e. The van der Waals surface area contributed by atoms with Crippen molar-refractivity contribution in [2.24, 2.45) is 13.0 Å². The summed E-state index contributed by atoms with van der Waals surface area (Å²) in [4.78, 5) is 12.6. The van der Waals surface area contributed by atoms with E-state index in [0.29, 0.717) is 37.4 Å². The number of carbonyl (C=O) groups is 1. The van der Waals surface area contributed by atoms with Crippen LogP contribution in [0.4, 0.5) is 0 Å². The van der Waals surface area contributed by atoms with Gasteiger partial charge in [0, 0.05) is 20.1 Å². The Morgan fingerprint density at radius 2 is 2.28 bits per heavy atom. The topological polar surface area (TPSA) is 97.4 Å². The average molecular weight is 366 g/mol. The summed E-state index contributed by atoms with van der Waals surface area (Å²) in [7, 11) is -1.94. The molecule has 0 aromatic carbocycles. The van der Waals surface area contributed by atoms with Crippen molar-refractivity contribution in [2.75, 3.05) is 13.1 Å². The Morgan fingerprint density at radius 1 is 1.48 bits per heavy atom. The Labute approximate surface area is 146 Å². The number of carbonyl (C=O) groups excluding carboxylic acids is 1. The van der Waals surface area contributed by atoms with E-state index in [1.807, 2.05) is 0 Å². The molecule has 3 heterocycles. The van der Waals surface area contributed by atoms with Crippen LogP contribution in [0.1, 0.15) is 24.3 Å². The number of hydrogen-bond acceptors (Lipinski definition) is 5. The first-order valence-corrected chi connectivity index (χ1v) is 9.62. The van der Waals surface area contributed by atoms with Crippen LogP contribution in [0.25, 0.3) is 0 Å². The Kier molecular flexibility index (Phi) is 4.96. The molecule has 8 nitrogen and oxygen atoms in total. The molecule has 0 spiro atoms. The molecule has 136 valence electrons. The zero-order chi connectivity index (χ0) is 18.0. The molecule has 2 aromatic rings. The molecule has 0 aliphatic carbocycles. The van der Waals surface area contributed by atoms with Gasteiger partial charge in [-0.3, -0.25) is 9.48 Å². The van der Waals surface area contributed by atoms with E-state index >= 15 is 0 Å². The number of furan rings is 1. The van der Waals surface area contributed by atoms with Crippen molar-refractivity contribution in [3.63, 3.8) is 0 Å². The summed E-state index contributed by atoms with van der Waals surface area (Å²) in [6.07, 6.45) is 4.23. The minimum absolute atomic E-state index is 0.154. The van der Waals surface area contributed by atoms with Crippen molar-refractivity contribution in [1.29, 1.82) is 0 Å². The molecule has 25 heavy (non-hydrogen) atoms. The zero-order valence-electron chi connectivity index (χ0n) is 14.3. The predicted octanol–water partition coefficient (Wildman–Crippen LogP) is 1.04.